The molecule has 0 aliphatic rings. The highest BCUT2D eigenvalue weighted by Crippen LogP contribution is 2.11. The largest absolute Gasteiger partial charge is 0.382 e. The van der Waals surface area contributed by atoms with E-state index in [1.54, 1.807) is 23.3 Å². The first-order valence-electron chi connectivity index (χ1n) is 4.74. The van der Waals surface area contributed by atoms with Crippen molar-refractivity contribution in [3.05, 3.63) is 34.2 Å². The number of nitrogen functional groups attached to an aromatic ring is 1. The fourth-order valence-electron chi connectivity index (χ4n) is 1.38. The predicted octanol–water partition coefficient (Wildman–Crippen LogP) is 1.33. The molecule has 0 aliphatic heterocycles. The van der Waals surface area contributed by atoms with Crippen LogP contribution in [0.25, 0.3) is 0 Å². The van der Waals surface area contributed by atoms with Gasteiger partial charge in [-0.1, -0.05) is 0 Å². The van der Waals surface area contributed by atoms with E-state index in [2.05, 4.69) is 10.2 Å². The van der Waals surface area contributed by atoms with Crippen LogP contribution in [0.3, 0.4) is 0 Å². The van der Waals surface area contributed by atoms with Gasteiger partial charge in [0.05, 0.1) is 0 Å². The molecular formula is C10H12N4OS. The molecule has 2 heterocycles. The molecule has 0 unspecified atom stereocenters. The summed E-state index contributed by atoms with van der Waals surface area (Å²) in [5.74, 6) is 0.211. The van der Waals surface area contributed by atoms with Gasteiger partial charge in [0, 0.05) is 19.7 Å². The van der Waals surface area contributed by atoms with E-state index in [9.17, 15) is 4.79 Å². The van der Waals surface area contributed by atoms with Crippen LogP contribution >= 0.6 is 11.3 Å². The number of thiophene rings is 1. The van der Waals surface area contributed by atoms with Crippen LogP contribution in [0.1, 0.15) is 16.1 Å². The third-order valence-corrected chi connectivity index (χ3v) is 2.91. The molecule has 0 aliphatic carbocycles. The summed E-state index contributed by atoms with van der Waals surface area (Å²) in [6.45, 7) is 0.585. The molecular weight excluding hydrogens is 224 g/mol. The van der Waals surface area contributed by atoms with Crippen molar-refractivity contribution in [2.24, 2.45) is 0 Å². The number of carbonyl (C=O) groups is 1. The van der Waals surface area contributed by atoms with E-state index in [1.807, 2.05) is 16.8 Å². The highest BCUT2D eigenvalue weighted by molar-refractivity contribution is 7.07. The summed E-state index contributed by atoms with van der Waals surface area (Å²) in [5, 5.41) is 10.3. The minimum Gasteiger partial charge on any atom is -0.382 e. The average molecular weight is 236 g/mol. The fraction of sp³-hybridized carbons (Fsp3) is 0.200. The Morgan fingerprint density at radius 3 is 3.06 bits per heavy atom. The van der Waals surface area contributed by atoms with Crippen LogP contribution in [0.4, 0.5) is 5.82 Å². The van der Waals surface area contributed by atoms with E-state index >= 15 is 0 Å². The molecule has 84 valence electrons. The number of amides is 1. The SMILES string of the molecule is CN(Cc1ccsc1)C(=O)c1cc(N)n[nH]1. The maximum atomic E-state index is 11.9. The number of anilines is 1. The first kappa shape index (κ1) is 10.7. The Morgan fingerprint density at radius 2 is 2.50 bits per heavy atom. The van der Waals surface area contributed by atoms with Crippen molar-refractivity contribution in [1.82, 2.24) is 15.1 Å². The Kier molecular flexibility index (Phi) is 2.91. The van der Waals surface area contributed by atoms with E-state index < -0.39 is 0 Å². The lowest BCUT2D eigenvalue weighted by Crippen LogP contribution is -2.26. The highest BCUT2D eigenvalue weighted by Gasteiger charge is 2.14. The van der Waals surface area contributed by atoms with Gasteiger partial charge in [-0.15, -0.1) is 0 Å². The molecule has 0 radical (unpaired) electrons. The second-order valence-electron chi connectivity index (χ2n) is 3.50. The Labute approximate surface area is 96.9 Å². The highest BCUT2D eigenvalue weighted by atomic mass is 32.1. The smallest absolute Gasteiger partial charge is 0.271 e. The van der Waals surface area contributed by atoms with Gasteiger partial charge >= 0.3 is 0 Å². The molecule has 1 amide bonds. The van der Waals surface area contributed by atoms with Crippen LogP contribution in [0.2, 0.25) is 0 Å². The van der Waals surface area contributed by atoms with Crippen molar-refractivity contribution in [1.29, 1.82) is 0 Å². The summed E-state index contributed by atoms with van der Waals surface area (Å²) in [6.07, 6.45) is 0. The van der Waals surface area contributed by atoms with Gasteiger partial charge in [0.2, 0.25) is 0 Å². The molecule has 16 heavy (non-hydrogen) atoms. The first-order chi connectivity index (χ1) is 7.66. The van der Waals surface area contributed by atoms with Crippen LogP contribution in [-0.2, 0) is 6.54 Å². The van der Waals surface area contributed by atoms with Crippen LogP contribution in [-0.4, -0.2) is 28.1 Å². The number of aromatic amines is 1. The van der Waals surface area contributed by atoms with E-state index in [0.29, 0.717) is 18.1 Å². The average Bonchev–Trinajstić information content (AvgIpc) is 2.88. The van der Waals surface area contributed by atoms with Gasteiger partial charge in [-0.25, -0.2) is 0 Å². The van der Waals surface area contributed by atoms with E-state index in [-0.39, 0.29) is 5.91 Å². The first-order valence-corrected chi connectivity index (χ1v) is 5.68. The van der Waals surface area contributed by atoms with Gasteiger partial charge in [-0.05, 0) is 22.4 Å². The zero-order chi connectivity index (χ0) is 11.5. The molecule has 0 aromatic carbocycles. The molecule has 0 saturated carbocycles. The third kappa shape index (κ3) is 2.22. The number of nitrogens with one attached hydrogen (secondary N) is 1. The lowest BCUT2D eigenvalue weighted by Gasteiger charge is -2.14. The lowest BCUT2D eigenvalue weighted by atomic mass is 10.3. The second-order valence-corrected chi connectivity index (χ2v) is 4.28. The Hall–Kier alpha value is -1.82. The lowest BCUT2D eigenvalue weighted by molar-refractivity contribution is 0.0779. The standard InChI is InChI=1S/C10H12N4OS/c1-14(5-7-2-3-16-6-7)10(15)8-4-9(11)13-12-8/h2-4,6H,5H2,1H3,(H3,11,12,13). The Bertz CT molecular complexity index is 477. The third-order valence-electron chi connectivity index (χ3n) is 2.17. The summed E-state index contributed by atoms with van der Waals surface area (Å²) in [4.78, 5) is 13.5. The Morgan fingerprint density at radius 1 is 1.69 bits per heavy atom. The topological polar surface area (TPSA) is 75.0 Å². The zero-order valence-electron chi connectivity index (χ0n) is 8.80. The fourth-order valence-corrected chi connectivity index (χ4v) is 2.04. The molecule has 2 rings (SSSR count). The van der Waals surface area contributed by atoms with E-state index in [4.69, 9.17) is 5.73 Å². The molecule has 0 atom stereocenters. The van der Waals surface area contributed by atoms with Crippen LogP contribution in [0.5, 0.6) is 0 Å². The minimum atomic E-state index is -0.115. The Balaban J connectivity index is 2.05. The van der Waals surface area contributed by atoms with Crippen LogP contribution in [0.15, 0.2) is 22.9 Å². The van der Waals surface area contributed by atoms with E-state index in [1.165, 1.54) is 6.07 Å². The van der Waals surface area contributed by atoms with Crippen LogP contribution in [0, 0.1) is 0 Å². The van der Waals surface area contributed by atoms with Gasteiger partial charge in [0.1, 0.15) is 11.5 Å². The normalized spacial score (nSPS) is 10.3. The summed E-state index contributed by atoms with van der Waals surface area (Å²) < 4.78 is 0. The zero-order valence-corrected chi connectivity index (χ0v) is 9.62. The van der Waals surface area contributed by atoms with Crippen molar-refractivity contribution >= 4 is 23.1 Å². The maximum Gasteiger partial charge on any atom is 0.271 e. The predicted molar refractivity (Wildman–Crippen MR) is 63.1 cm³/mol. The number of H-pyrrole nitrogens is 1. The van der Waals surface area contributed by atoms with Crippen molar-refractivity contribution in [3.63, 3.8) is 0 Å². The number of nitrogens with two attached hydrogens (primary N) is 1. The molecule has 0 saturated heterocycles. The molecule has 2 aromatic heterocycles. The number of nitrogens with zero attached hydrogens (tertiary/aromatic N) is 2. The van der Waals surface area contributed by atoms with Gasteiger partial charge in [0.25, 0.3) is 5.91 Å². The van der Waals surface area contributed by atoms with Crippen molar-refractivity contribution in [2.75, 3.05) is 12.8 Å². The number of aromatic nitrogens is 2. The number of rotatable bonds is 3. The number of hydrogen-bond donors (Lipinski definition) is 2. The second kappa shape index (κ2) is 4.36. The van der Waals surface area contributed by atoms with Crippen molar-refractivity contribution < 1.29 is 4.79 Å². The van der Waals surface area contributed by atoms with Crippen molar-refractivity contribution in [3.8, 4) is 0 Å². The van der Waals surface area contributed by atoms with Crippen LogP contribution < -0.4 is 5.73 Å². The molecule has 0 fully saturated rings. The molecule has 3 N–H and O–H groups in total. The summed E-state index contributed by atoms with van der Waals surface area (Å²) >= 11 is 1.62. The number of carbonyl (C=O) groups excluding carboxylic acids is 1. The maximum absolute atomic E-state index is 11.9. The van der Waals surface area contributed by atoms with E-state index in [0.717, 1.165) is 5.56 Å². The summed E-state index contributed by atoms with van der Waals surface area (Å²) in [6, 6.07) is 3.53. The quantitative estimate of drug-likeness (QED) is 0.844. The molecule has 0 spiro atoms. The number of hydrogen-bond acceptors (Lipinski definition) is 4. The van der Waals surface area contributed by atoms with Gasteiger partial charge in [0.15, 0.2) is 0 Å². The summed E-state index contributed by atoms with van der Waals surface area (Å²) in [7, 11) is 1.75. The van der Waals surface area contributed by atoms with Gasteiger partial charge < -0.3 is 10.6 Å². The molecule has 2 aromatic rings. The minimum absolute atomic E-state index is 0.115. The van der Waals surface area contributed by atoms with Gasteiger partial charge in [-0.3, -0.25) is 9.89 Å². The molecule has 6 heteroatoms. The monoisotopic (exact) mass is 236 g/mol. The molecule has 0 bridgehead atoms. The summed E-state index contributed by atoms with van der Waals surface area (Å²) in [5.41, 5.74) is 6.97. The molecule has 5 nitrogen and oxygen atoms in total. The van der Waals surface area contributed by atoms with Gasteiger partial charge in [-0.2, -0.15) is 16.4 Å². The van der Waals surface area contributed by atoms with Crippen molar-refractivity contribution in [2.45, 2.75) is 6.54 Å².